The average molecular weight is 263 g/mol. The highest BCUT2D eigenvalue weighted by atomic mass is 16.1. The molecule has 0 heterocycles. The number of aryl methyl sites for hydroxylation is 1. The van der Waals surface area contributed by atoms with E-state index in [1.165, 1.54) is 5.56 Å². The van der Waals surface area contributed by atoms with Crippen molar-refractivity contribution in [3.63, 3.8) is 0 Å². The molecule has 19 heavy (non-hydrogen) atoms. The minimum Gasteiger partial charge on any atom is -0.355 e. The van der Waals surface area contributed by atoms with Gasteiger partial charge >= 0.3 is 0 Å². The molecule has 1 aromatic rings. The lowest BCUT2D eigenvalue weighted by molar-refractivity contribution is -0.121. The number of nitrogens with two attached hydrogens (primary N) is 2. The van der Waals surface area contributed by atoms with Crippen LogP contribution in [0.4, 0.5) is 0 Å². The molecule has 1 amide bonds. The van der Waals surface area contributed by atoms with Crippen LogP contribution in [0.2, 0.25) is 0 Å². The van der Waals surface area contributed by atoms with Gasteiger partial charge < -0.3 is 16.8 Å². The van der Waals surface area contributed by atoms with Crippen LogP contribution in [0.1, 0.15) is 31.2 Å². The van der Waals surface area contributed by atoms with E-state index in [-0.39, 0.29) is 11.9 Å². The van der Waals surface area contributed by atoms with E-state index >= 15 is 0 Å². The Labute approximate surface area is 115 Å². The largest absolute Gasteiger partial charge is 0.355 e. The van der Waals surface area contributed by atoms with Crippen molar-refractivity contribution in [2.24, 2.45) is 11.5 Å². The van der Waals surface area contributed by atoms with Gasteiger partial charge in [0, 0.05) is 19.0 Å². The molecule has 0 saturated carbocycles. The molecular formula is C15H25N3O. The van der Waals surface area contributed by atoms with E-state index in [9.17, 15) is 4.79 Å². The molecule has 0 aliphatic heterocycles. The van der Waals surface area contributed by atoms with E-state index in [1.807, 2.05) is 18.2 Å². The van der Waals surface area contributed by atoms with Crippen LogP contribution in [0.3, 0.4) is 0 Å². The van der Waals surface area contributed by atoms with Gasteiger partial charge in [0.25, 0.3) is 0 Å². The minimum absolute atomic E-state index is 0.0154. The molecule has 0 bridgehead atoms. The van der Waals surface area contributed by atoms with Crippen LogP contribution in [-0.4, -0.2) is 25.0 Å². The second kappa shape index (κ2) is 9.53. The summed E-state index contributed by atoms with van der Waals surface area (Å²) in [6.07, 6.45) is 4.13. The summed E-state index contributed by atoms with van der Waals surface area (Å²) in [6.45, 7) is 1.20. The molecule has 1 atom stereocenters. The average Bonchev–Trinajstić information content (AvgIpc) is 2.44. The van der Waals surface area contributed by atoms with Crippen LogP contribution in [0, 0.1) is 0 Å². The summed E-state index contributed by atoms with van der Waals surface area (Å²) in [7, 11) is 0. The molecule has 0 radical (unpaired) electrons. The third-order valence-electron chi connectivity index (χ3n) is 3.05. The van der Waals surface area contributed by atoms with Gasteiger partial charge in [-0.15, -0.1) is 0 Å². The molecule has 0 saturated heterocycles. The summed E-state index contributed by atoms with van der Waals surface area (Å²) < 4.78 is 0. The maximum atomic E-state index is 11.6. The first-order valence-corrected chi connectivity index (χ1v) is 6.98. The second-order valence-electron chi connectivity index (χ2n) is 4.83. The molecule has 0 aliphatic rings. The normalized spacial score (nSPS) is 12.1. The lowest BCUT2D eigenvalue weighted by atomic mass is 10.1. The first-order valence-electron chi connectivity index (χ1n) is 6.98. The fourth-order valence-electron chi connectivity index (χ4n) is 1.91. The quantitative estimate of drug-likeness (QED) is 0.626. The van der Waals surface area contributed by atoms with Gasteiger partial charge in [-0.2, -0.15) is 0 Å². The van der Waals surface area contributed by atoms with Gasteiger partial charge in [-0.05, 0) is 37.8 Å². The highest BCUT2D eigenvalue weighted by Gasteiger charge is 2.05. The first kappa shape index (κ1) is 15.7. The van der Waals surface area contributed by atoms with E-state index in [1.54, 1.807) is 0 Å². The van der Waals surface area contributed by atoms with Crippen molar-refractivity contribution in [2.75, 3.05) is 13.1 Å². The molecule has 4 heteroatoms. The van der Waals surface area contributed by atoms with Crippen LogP contribution < -0.4 is 16.8 Å². The lowest BCUT2D eigenvalue weighted by Gasteiger charge is -2.12. The Morgan fingerprint density at radius 1 is 1.21 bits per heavy atom. The van der Waals surface area contributed by atoms with Crippen molar-refractivity contribution in [2.45, 2.75) is 38.1 Å². The van der Waals surface area contributed by atoms with Crippen LogP contribution in [0.25, 0.3) is 0 Å². The van der Waals surface area contributed by atoms with Crippen molar-refractivity contribution < 1.29 is 4.79 Å². The van der Waals surface area contributed by atoms with E-state index in [0.717, 1.165) is 25.7 Å². The van der Waals surface area contributed by atoms with Gasteiger partial charge in [0.05, 0.1) is 0 Å². The highest BCUT2D eigenvalue weighted by Crippen LogP contribution is 2.04. The number of carbonyl (C=O) groups is 1. The molecule has 1 aromatic carbocycles. The third kappa shape index (κ3) is 7.59. The van der Waals surface area contributed by atoms with E-state index in [4.69, 9.17) is 11.5 Å². The van der Waals surface area contributed by atoms with Gasteiger partial charge in [0.1, 0.15) is 0 Å². The van der Waals surface area contributed by atoms with Crippen molar-refractivity contribution >= 4 is 5.91 Å². The fraction of sp³-hybridized carbons (Fsp3) is 0.533. The lowest BCUT2D eigenvalue weighted by Crippen LogP contribution is -2.37. The smallest absolute Gasteiger partial charge is 0.220 e. The van der Waals surface area contributed by atoms with Gasteiger partial charge in [-0.1, -0.05) is 30.3 Å². The summed E-state index contributed by atoms with van der Waals surface area (Å²) in [5.41, 5.74) is 12.5. The number of nitrogens with one attached hydrogen (secondary N) is 1. The Balaban J connectivity index is 2.08. The van der Waals surface area contributed by atoms with Crippen LogP contribution in [0.5, 0.6) is 0 Å². The number of hydrogen-bond donors (Lipinski definition) is 3. The zero-order chi connectivity index (χ0) is 13.9. The minimum atomic E-state index is 0.0154. The van der Waals surface area contributed by atoms with Crippen LogP contribution >= 0.6 is 0 Å². The summed E-state index contributed by atoms with van der Waals surface area (Å²) in [5.74, 6) is 0.0825. The molecule has 4 nitrogen and oxygen atoms in total. The highest BCUT2D eigenvalue weighted by molar-refractivity contribution is 5.75. The first-order chi connectivity index (χ1) is 9.22. The maximum absolute atomic E-state index is 11.6. The second-order valence-corrected chi connectivity index (χ2v) is 4.83. The SMILES string of the molecule is NCCCC(N)CNC(=O)CCCc1ccccc1. The van der Waals surface area contributed by atoms with Crippen LogP contribution in [0.15, 0.2) is 30.3 Å². The summed E-state index contributed by atoms with van der Waals surface area (Å²) >= 11 is 0. The van der Waals surface area contributed by atoms with Crippen molar-refractivity contribution in [3.05, 3.63) is 35.9 Å². The van der Waals surface area contributed by atoms with E-state index in [2.05, 4.69) is 17.4 Å². The Bertz CT molecular complexity index is 354. The van der Waals surface area contributed by atoms with Crippen molar-refractivity contribution in [1.29, 1.82) is 0 Å². The van der Waals surface area contributed by atoms with Gasteiger partial charge in [-0.3, -0.25) is 4.79 Å². The number of amides is 1. The van der Waals surface area contributed by atoms with Gasteiger partial charge in [-0.25, -0.2) is 0 Å². The predicted octanol–water partition coefficient (Wildman–Crippen LogP) is 1.19. The number of benzene rings is 1. The Kier molecular flexibility index (Phi) is 7.86. The predicted molar refractivity (Wildman–Crippen MR) is 78.7 cm³/mol. The maximum Gasteiger partial charge on any atom is 0.220 e. The van der Waals surface area contributed by atoms with E-state index < -0.39 is 0 Å². The van der Waals surface area contributed by atoms with E-state index in [0.29, 0.717) is 19.5 Å². The summed E-state index contributed by atoms with van der Waals surface area (Å²) in [6, 6.07) is 10.2. The number of hydrogen-bond acceptors (Lipinski definition) is 3. The zero-order valence-corrected chi connectivity index (χ0v) is 11.5. The number of carbonyl (C=O) groups excluding carboxylic acids is 1. The summed E-state index contributed by atoms with van der Waals surface area (Å²) in [4.78, 5) is 11.6. The van der Waals surface area contributed by atoms with Gasteiger partial charge in [0.15, 0.2) is 0 Å². The molecule has 0 spiro atoms. The number of rotatable bonds is 9. The molecule has 106 valence electrons. The van der Waals surface area contributed by atoms with Crippen molar-refractivity contribution in [1.82, 2.24) is 5.32 Å². The van der Waals surface area contributed by atoms with Crippen LogP contribution in [-0.2, 0) is 11.2 Å². The van der Waals surface area contributed by atoms with Gasteiger partial charge in [0.2, 0.25) is 5.91 Å². The molecule has 1 rings (SSSR count). The molecule has 1 unspecified atom stereocenters. The standard InChI is InChI=1S/C15H25N3O/c16-11-5-9-14(17)12-18-15(19)10-4-8-13-6-2-1-3-7-13/h1-3,6-7,14H,4-5,8-12,16-17H2,(H,18,19). The fourth-order valence-corrected chi connectivity index (χ4v) is 1.91. The van der Waals surface area contributed by atoms with Crippen molar-refractivity contribution in [3.8, 4) is 0 Å². The zero-order valence-electron chi connectivity index (χ0n) is 11.5. The third-order valence-corrected chi connectivity index (χ3v) is 3.05. The molecule has 0 aliphatic carbocycles. The summed E-state index contributed by atoms with van der Waals surface area (Å²) in [5, 5.41) is 2.87. The Morgan fingerprint density at radius 2 is 1.95 bits per heavy atom. The Hall–Kier alpha value is -1.39. The molecular weight excluding hydrogens is 238 g/mol. The molecule has 0 fully saturated rings. The molecule has 0 aromatic heterocycles. The topological polar surface area (TPSA) is 81.1 Å². The molecule has 5 N–H and O–H groups in total. The monoisotopic (exact) mass is 263 g/mol. The Morgan fingerprint density at radius 3 is 2.63 bits per heavy atom.